The number of hydrogen-bond acceptors (Lipinski definition) is 3. The Hall–Kier alpha value is -1.65. The molecule has 0 heterocycles. The highest BCUT2D eigenvalue weighted by atomic mass is 16.5. The van der Waals surface area contributed by atoms with Gasteiger partial charge in [-0.15, -0.1) is 0 Å². The maximum Gasteiger partial charge on any atom is 0.339 e. The van der Waals surface area contributed by atoms with Crippen molar-refractivity contribution >= 4 is 18.1 Å². The van der Waals surface area contributed by atoms with E-state index in [4.69, 9.17) is 10.5 Å². The summed E-state index contributed by atoms with van der Waals surface area (Å²) in [5.41, 5.74) is 5.68. The molecule has 0 unspecified atom stereocenters. The molecule has 5 heteroatoms. The summed E-state index contributed by atoms with van der Waals surface area (Å²) in [6.45, 7) is 3.79. The first kappa shape index (κ1) is 12.3. The third-order valence-electron chi connectivity index (χ3n) is 1.39. The van der Waals surface area contributed by atoms with Crippen molar-refractivity contribution in [3.05, 3.63) is 11.6 Å². The van der Waals surface area contributed by atoms with Crippen LogP contribution >= 0.6 is 0 Å². The molecule has 2 N–H and O–H groups in total. The predicted octanol–water partition coefficient (Wildman–Crippen LogP) is 0.511. The number of esters is 1. The number of guanidine groups is 1. The first-order valence-electron chi connectivity index (χ1n) is 4.25. The molecule has 0 aromatic rings. The molecular formula is C9H15N3O2. The first-order chi connectivity index (χ1) is 6.65. The molecule has 0 aliphatic carbocycles. The lowest BCUT2D eigenvalue weighted by Gasteiger charge is -2.00. The van der Waals surface area contributed by atoms with Crippen molar-refractivity contribution in [2.75, 3.05) is 13.7 Å². The van der Waals surface area contributed by atoms with Crippen LogP contribution in [0.5, 0.6) is 0 Å². The third kappa shape index (κ3) is 4.39. The second kappa shape index (κ2) is 6.82. The molecule has 0 aromatic heterocycles. The Morgan fingerprint density at radius 2 is 2.21 bits per heavy atom. The largest absolute Gasteiger partial charge is 0.462 e. The van der Waals surface area contributed by atoms with Crippen molar-refractivity contribution in [1.29, 1.82) is 0 Å². The second-order valence-corrected chi connectivity index (χ2v) is 2.30. The normalized spacial score (nSPS) is 13.4. The number of ether oxygens (including phenoxy) is 1. The summed E-state index contributed by atoms with van der Waals surface area (Å²) in [5, 5.41) is 0. The van der Waals surface area contributed by atoms with E-state index >= 15 is 0 Å². The van der Waals surface area contributed by atoms with Gasteiger partial charge in [0.05, 0.1) is 12.2 Å². The van der Waals surface area contributed by atoms with E-state index in [0.29, 0.717) is 12.2 Å². The average Bonchev–Trinajstić information content (AvgIpc) is 2.18. The summed E-state index contributed by atoms with van der Waals surface area (Å²) in [4.78, 5) is 18.6. The van der Waals surface area contributed by atoms with Crippen LogP contribution in [0.15, 0.2) is 21.6 Å². The average molecular weight is 197 g/mol. The van der Waals surface area contributed by atoms with Crippen LogP contribution in [0, 0.1) is 0 Å². The molecular weight excluding hydrogens is 182 g/mol. The number of carbonyl (C=O) groups is 1. The lowest BCUT2D eigenvalue weighted by atomic mass is 10.3. The van der Waals surface area contributed by atoms with Crippen molar-refractivity contribution in [2.45, 2.75) is 13.8 Å². The van der Waals surface area contributed by atoms with Crippen LogP contribution in [0.4, 0.5) is 0 Å². The molecule has 0 fully saturated rings. The molecule has 0 rings (SSSR count). The van der Waals surface area contributed by atoms with Crippen LogP contribution in [0.1, 0.15) is 13.8 Å². The molecule has 0 atom stereocenters. The molecule has 0 aromatic carbocycles. The van der Waals surface area contributed by atoms with Crippen LogP contribution in [-0.4, -0.2) is 31.8 Å². The van der Waals surface area contributed by atoms with Crippen molar-refractivity contribution < 1.29 is 9.53 Å². The molecule has 0 amide bonds. The molecule has 0 aliphatic heterocycles. The van der Waals surface area contributed by atoms with Gasteiger partial charge >= 0.3 is 5.97 Å². The van der Waals surface area contributed by atoms with E-state index in [1.54, 1.807) is 19.9 Å². The smallest absolute Gasteiger partial charge is 0.339 e. The van der Waals surface area contributed by atoms with Crippen molar-refractivity contribution in [3.8, 4) is 0 Å². The SMILES string of the molecule is C\C=C(/C=N\C(N)=N/C)C(=O)OCC. The fraction of sp³-hybridized carbons (Fsp3) is 0.444. The van der Waals surface area contributed by atoms with E-state index in [1.807, 2.05) is 0 Å². The van der Waals surface area contributed by atoms with Gasteiger partial charge in [-0.25, -0.2) is 9.79 Å². The summed E-state index contributed by atoms with van der Waals surface area (Å²) in [7, 11) is 1.52. The van der Waals surface area contributed by atoms with Gasteiger partial charge in [0.15, 0.2) is 0 Å². The molecule has 14 heavy (non-hydrogen) atoms. The molecule has 0 bridgehead atoms. The zero-order valence-electron chi connectivity index (χ0n) is 8.65. The number of aliphatic imine (C=N–C) groups is 2. The number of allylic oxidation sites excluding steroid dienone is 1. The van der Waals surface area contributed by atoms with Gasteiger partial charge < -0.3 is 10.5 Å². The Bertz CT molecular complexity index is 280. The topological polar surface area (TPSA) is 77.0 Å². The van der Waals surface area contributed by atoms with Crippen molar-refractivity contribution in [2.24, 2.45) is 15.7 Å². The van der Waals surface area contributed by atoms with Gasteiger partial charge in [0, 0.05) is 13.3 Å². The Balaban J connectivity index is 4.46. The van der Waals surface area contributed by atoms with Gasteiger partial charge in [-0.3, -0.25) is 4.99 Å². The maximum atomic E-state index is 11.2. The molecule has 5 nitrogen and oxygen atoms in total. The highest BCUT2D eigenvalue weighted by Gasteiger charge is 2.05. The fourth-order valence-corrected chi connectivity index (χ4v) is 0.653. The van der Waals surface area contributed by atoms with E-state index in [-0.39, 0.29) is 5.96 Å². The summed E-state index contributed by atoms with van der Waals surface area (Å²) >= 11 is 0. The van der Waals surface area contributed by atoms with Crippen LogP contribution in [0.2, 0.25) is 0 Å². The van der Waals surface area contributed by atoms with Gasteiger partial charge in [0.1, 0.15) is 0 Å². The molecule has 0 radical (unpaired) electrons. The lowest BCUT2D eigenvalue weighted by molar-refractivity contribution is -0.137. The van der Waals surface area contributed by atoms with Gasteiger partial charge in [0.2, 0.25) is 5.96 Å². The van der Waals surface area contributed by atoms with Crippen LogP contribution in [-0.2, 0) is 9.53 Å². The Morgan fingerprint density at radius 1 is 1.57 bits per heavy atom. The first-order valence-corrected chi connectivity index (χ1v) is 4.25. The quantitative estimate of drug-likeness (QED) is 0.310. The highest BCUT2D eigenvalue weighted by Crippen LogP contribution is 1.94. The zero-order chi connectivity index (χ0) is 11.0. The predicted molar refractivity (Wildman–Crippen MR) is 56.4 cm³/mol. The minimum absolute atomic E-state index is 0.119. The summed E-state index contributed by atoms with van der Waals surface area (Å²) < 4.78 is 4.78. The molecule has 0 saturated heterocycles. The molecule has 0 saturated carbocycles. The van der Waals surface area contributed by atoms with E-state index in [0.717, 1.165) is 0 Å². The van der Waals surface area contributed by atoms with E-state index in [2.05, 4.69) is 9.98 Å². The minimum Gasteiger partial charge on any atom is -0.462 e. The summed E-state index contributed by atoms with van der Waals surface area (Å²) in [6, 6.07) is 0. The monoisotopic (exact) mass is 197 g/mol. The Morgan fingerprint density at radius 3 is 2.64 bits per heavy atom. The van der Waals surface area contributed by atoms with E-state index in [1.165, 1.54) is 13.3 Å². The number of nitrogens with two attached hydrogens (primary N) is 1. The van der Waals surface area contributed by atoms with Gasteiger partial charge in [0.25, 0.3) is 0 Å². The second-order valence-electron chi connectivity index (χ2n) is 2.30. The molecule has 0 spiro atoms. The Labute approximate surface area is 83.4 Å². The zero-order valence-corrected chi connectivity index (χ0v) is 8.65. The van der Waals surface area contributed by atoms with Crippen LogP contribution < -0.4 is 5.73 Å². The van der Waals surface area contributed by atoms with Crippen LogP contribution in [0.25, 0.3) is 0 Å². The molecule has 0 aliphatic rings. The van der Waals surface area contributed by atoms with Crippen molar-refractivity contribution in [3.63, 3.8) is 0 Å². The van der Waals surface area contributed by atoms with Crippen molar-refractivity contribution in [1.82, 2.24) is 0 Å². The van der Waals surface area contributed by atoms with Gasteiger partial charge in [-0.05, 0) is 13.8 Å². The number of rotatable bonds is 3. The maximum absolute atomic E-state index is 11.2. The Kier molecular flexibility index (Phi) is 6.02. The van der Waals surface area contributed by atoms with E-state index in [9.17, 15) is 4.79 Å². The number of nitrogens with zero attached hydrogens (tertiary/aromatic N) is 2. The van der Waals surface area contributed by atoms with Gasteiger partial charge in [-0.2, -0.15) is 0 Å². The number of hydrogen-bond donors (Lipinski definition) is 1. The number of carbonyl (C=O) groups excluding carboxylic acids is 1. The highest BCUT2D eigenvalue weighted by molar-refractivity contribution is 6.11. The minimum atomic E-state index is -0.414. The standard InChI is InChI=1S/C9H15N3O2/c1-4-7(8(13)14-5-2)6-12-9(10)11-3/h4,6H,5H2,1-3H3,(H2,10,11)/b7-4+,12-6-. The fourth-order valence-electron chi connectivity index (χ4n) is 0.653. The van der Waals surface area contributed by atoms with Gasteiger partial charge in [-0.1, -0.05) is 6.08 Å². The van der Waals surface area contributed by atoms with Crippen LogP contribution in [0.3, 0.4) is 0 Å². The summed E-state index contributed by atoms with van der Waals surface area (Å²) in [6.07, 6.45) is 2.94. The summed E-state index contributed by atoms with van der Waals surface area (Å²) in [5.74, 6) is -0.295. The van der Waals surface area contributed by atoms with E-state index < -0.39 is 5.97 Å². The molecule has 78 valence electrons. The third-order valence-corrected chi connectivity index (χ3v) is 1.39. The lowest BCUT2D eigenvalue weighted by Crippen LogP contribution is -2.12.